The van der Waals surface area contributed by atoms with E-state index in [9.17, 15) is 4.79 Å². The molecule has 158 valence electrons. The molecule has 0 aromatic heterocycles. The Labute approximate surface area is 186 Å². The molecule has 2 rings (SSSR count). The summed E-state index contributed by atoms with van der Waals surface area (Å²) in [7, 11) is 5.43. The van der Waals surface area contributed by atoms with Crippen molar-refractivity contribution in [2.45, 2.75) is 39.0 Å². The first-order valence-electron chi connectivity index (χ1n) is 9.83. The van der Waals surface area contributed by atoms with E-state index in [1.807, 2.05) is 45.3 Å². The standard InChI is InChI=1S/C21H34N4O2.HI/c1-17-10-5-6-11-18(17)27-15-9-14-23-20(22-2)24-16-21(12-7-8-13-21)19(26)25(3)4;/h5-6,10-11H,7-9,12-16H2,1-4H3,(H2,22,23,24);1H. The van der Waals surface area contributed by atoms with Crippen molar-refractivity contribution >= 4 is 35.8 Å². The van der Waals surface area contributed by atoms with Gasteiger partial charge in [-0.25, -0.2) is 0 Å². The molecule has 0 heterocycles. The van der Waals surface area contributed by atoms with Crippen molar-refractivity contribution in [2.24, 2.45) is 10.4 Å². The molecule has 1 aliphatic carbocycles. The summed E-state index contributed by atoms with van der Waals surface area (Å²) in [5.74, 6) is 1.89. The minimum absolute atomic E-state index is 0. The van der Waals surface area contributed by atoms with Crippen molar-refractivity contribution in [3.63, 3.8) is 0 Å². The highest BCUT2D eigenvalue weighted by molar-refractivity contribution is 14.0. The fourth-order valence-electron chi connectivity index (χ4n) is 3.65. The highest BCUT2D eigenvalue weighted by Crippen LogP contribution is 2.38. The molecule has 7 heteroatoms. The zero-order valence-corrected chi connectivity index (χ0v) is 19.9. The Morgan fingerprint density at radius 1 is 1.21 bits per heavy atom. The Balaban J connectivity index is 0.00000392. The summed E-state index contributed by atoms with van der Waals surface area (Å²) in [6, 6.07) is 8.04. The number of aliphatic imine (C=N–C) groups is 1. The van der Waals surface area contributed by atoms with Gasteiger partial charge < -0.3 is 20.3 Å². The van der Waals surface area contributed by atoms with Gasteiger partial charge >= 0.3 is 0 Å². The van der Waals surface area contributed by atoms with Gasteiger partial charge in [0.1, 0.15) is 5.75 Å². The van der Waals surface area contributed by atoms with Crippen molar-refractivity contribution in [2.75, 3.05) is 40.8 Å². The second-order valence-corrected chi connectivity index (χ2v) is 7.51. The summed E-state index contributed by atoms with van der Waals surface area (Å²) in [5.41, 5.74) is 0.852. The summed E-state index contributed by atoms with van der Waals surface area (Å²) in [6.45, 7) is 4.09. The summed E-state index contributed by atoms with van der Waals surface area (Å²) in [6.07, 6.45) is 4.99. The van der Waals surface area contributed by atoms with Gasteiger partial charge in [-0.1, -0.05) is 31.0 Å². The van der Waals surface area contributed by atoms with Crippen LogP contribution in [0.25, 0.3) is 0 Å². The smallest absolute Gasteiger partial charge is 0.230 e. The predicted molar refractivity (Wildman–Crippen MR) is 126 cm³/mol. The molecule has 6 nitrogen and oxygen atoms in total. The lowest BCUT2D eigenvalue weighted by Crippen LogP contribution is -2.49. The third kappa shape index (κ3) is 6.83. The molecule has 0 aliphatic heterocycles. The van der Waals surface area contributed by atoms with Gasteiger partial charge in [0.2, 0.25) is 5.91 Å². The Morgan fingerprint density at radius 2 is 1.89 bits per heavy atom. The first kappa shape index (κ1) is 24.5. The third-order valence-electron chi connectivity index (χ3n) is 5.20. The molecule has 0 radical (unpaired) electrons. The van der Waals surface area contributed by atoms with E-state index < -0.39 is 0 Å². The molecule has 1 aliphatic rings. The van der Waals surface area contributed by atoms with Gasteiger partial charge in [0.25, 0.3) is 0 Å². The van der Waals surface area contributed by atoms with E-state index in [0.717, 1.165) is 55.9 Å². The molecule has 0 spiro atoms. The normalized spacial score (nSPS) is 15.5. The highest BCUT2D eigenvalue weighted by Gasteiger charge is 2.42. The van der Waals surface area contributed by atoms with Crippen LogP contribution in [0.3, 0.4) is 0 Å². The third-order valence-corrected chi connectivity index (χ3v) is 5.20. The van der Waals surface area contributed by atoms with E-state index in [-0.39, 0.29) is 35.3 Å². The van der Waals surface area contributed by atoms with Crippen molar-refractivity contribution in [1.82, 2.24) is 15.5 Å². The van der Waals surface area contributed by atoms with Gasteiger partial charge in [-0.05, 0) is 37.8 Å². The van der Waals surface area contributed by atoms with E-state index in [4.69, 9.17) is 4.74 Å². The molecular weight excluding hydrogens is 467 g/mol. The summed E-state index contributed by atoms with van der Waals surface area (Å²) in [4.78, 5) is 18.6. The van der Waals surface area contributed by atoms with Gasteiger partial charge in [0.15, 0.2) is 5.96 Å². The topological polar surface area (TPSA) is 66.0 Å². The summed E-state index contributed by atoms with van der Waals surface area (Å²) >= 11 is 0. The summed E-state index contributed by atoms with van der Waals surface area (Å²) < 4.78 is 5.82. The van der Waals surface area contributed by atoms with Crippen molar-refractivity contribution in [3.8, 4) is 5.75 Å². The lowest BCUT2D eigenvalue weighted by molar-refractivity contribution is -0.138. The number of benzene rings is 1. The number of para-hydroxylation sites is 1. The van der Waals surface area contributed by atoms with Crippen molar-refractivity contribution < 1.29 is 9.53 Å². The number of carbonyl (C=O) groups excluding carboxylic acids is 1. The van der Waals surface area contributed by atoms with E-state index >= 15 is 0 Å². The van der Waals surface area contributed by atoms with Crippen molar-refractivity contribution in [3.05, 3.63) is 29.8 Å². The molecular formula is C21H35IN4O2. The molecule has 0 unspecified atom stereocenters. The molecule has 1 aromatic rings. The molecule has 1 aromatic carbocycles. The monoisotopic (exact) mass is 502 g/mol. The number of nitrogens with one attached hydrogen (secondary N) is 2. The van der Waals surface area contributed by atoms with Gasteiger partial charge in [-0.2, -0.15) is 0 Å². The minimum Gasteiger partial charge on any atom is -0.493 e. The van der Waals surface area contributed by atoms with Crippen LogP contribution >= 0.6 is 24.0 Å². The zero-order chi connectivity index (χ0) is 19.7. The number of ether oxygens (including phenoxy) is 1. The fourth-order valence-corrected chi connectivity index (χ4v) is 3.65. The van der Waals surface area contributed by atoms with Gasteiger partial charge in [0.05, 0.1) is 12.0 Å². The average Bonchev–Trinajstić information content (AvgIpc) is 3.14. The lowest BCUT2D eigenvalue weighted by atomic mass is 9.84. The quantitative estimate of drug-likeness (QED) is 0.248. The van der Waals surface area contributed by atoms with Crippen LogP contribution in [0.1, 0.15) is 37.7 Å². The Kier molecular flexibility index (Phi) is 10.6. The SMILES string of the molecule is CN=C(NCCCOc1ccccc1C)NCC1(C(=O)N(C)C)CCCC1.I. The zero-order valence-electron chi connectivity index (χ0n) is 17.6. The van der Waals surface area contributed by atoms with E-state index in [1.165, 1.54) is 0 Å². The Bertz CT molecular complexity index is 643. The first-order chi connectivity index (χ1) is 13.0. The predicted octanol–water partition coefficient (Wildman–Crippen LogP) is 3.20. The van der Waals surface area contributed by atoms with Crippen LogP contribution in [0, 0.1) is 12.3 Å². The number of carbonyl (C=O) groups is 1. The van der Waals surface area contributed by atoms with Gasteiger partial charge in [-0.15, -0.1) is 24.0 Å². The van der Waals surface area contributed by atoms with Crippen LogP contribution in [0.5, 0.6) is 5.75 Å². The van der Waals surface area contributed by atoms with Crippen LogP contribution in [0.15, 0.2) is 29.3 Å². The number of halogens is 1. The molecule has 0 bridgehead atoms. The second-order valence-electron chi connectivity index (χ2n) is 7.51. The van der Waals surface area contributed by atoms with Gasteiger partial charge in [-0.3, -0.25) is 9.79 Å². The number of nitrogens with zero attached hydrogens (tertiary/aromatic N) is 2. The number of hydrogen-bond acceptors (Lipinski definition) is 3. The lowest BCUT2D eigenvalue weighted by Gasteiger charge is -2.31. The van der Waals surface area contributed by atoms with Crippen LogP contribution in [0.4, 0.5) is 0 Å². The number of rotatable bonds is 8. The van der Waals surface area contributed by atoms with Gasteiger partial charge in [0, 0.05) is 34.2 Å². The molecule has 0 atom stereocenters. The van der Waals surface area contributed by atoms with E-state index in [0.29, 0.717) is 13.2 Å². The molecule has 1 fully saturated rings. The Morgan fingerprint density at radius 3 is 2.50 bits per heavy atom. The molecule has 2 N–H and O–H groups in total. The fraction of sp³-hybridized carbons (Fsp3) is 0.619. The average molecular weight is 502 g/mol. The van der Waals surface area contributed by atoms with Crippen LogP contribution < -0.4 is 15.4 Å². The maximum atomic E-state index is 12.6. The number of amides is 1. The largest absolute Gasteiger partial charge is 0.493 e. The molecule has 28 heavy (non-hydrogen) atoms. The molecule has 1 amide bonds. The maximum Gasteiger partial charge on any atom is 0.230 e. The molecule has 0 saturated heterocycles. The summed E-state index contributed by atoms with van der Waals surface area (Å²) in [5, 5.41) is 6.67. The van der Waals surface area contributed by atoms with E-state index in [1.54, 1.807) is 11.9 Å². The van der Waals surface area contributed by atoms with Crippen LogP contribution in [-0.2, 0) is 4.79 Å². The minimum atomic E-state index is -0.297. The number of hydrogen-bond donors (Lipinski definition) is 2. The Hall–Kier alpha value is -1.51. The number of guanidine groups is 1. The highest BCUT2D eigenvalue weighted by atomic mass is 127. The van der Waals surface area contributed by atoms with Crippen LogP contribution in [-0.4, -0.2) is 57.6 Å². The first-order valence-corrected chi connectivity index (χ1v) is 9.83. The number of aryl methyl sites for hydroxylation is 1. The van der Waals surface area contributed by atoms with Crippen LogP contribution in [0.2, 0.25) is 0 Å². The van der Waals surface area contributed by atoms with E-state index in [2.05, 4.69) is 15.6 Å². The van der Waals surface area contributed by atoms with Crippen molar-refractivity contribution in [1.29, 1.82) is 0 Å². The molecule has 1 saturated carbocycles. The maximum absolute atomic E-state index is 12.6. The second kappa shape index (κ2) is 12.1.